The standard InChI is InChI=1S/C21H26O3/c1-5-16-8-11-20(19(14-16)21(2,3)4)24-13-12-23-18-9-6-17(15-22)7-10-18/h6-11,14-15H,5,12-13H2,1-4H3. The number of hydrogen-bond acceptors (Lipinski definition) is 3. The zero-order valence-corrected chi connectivity index (χ0v) is 15.0. The van der Waals surface area contributed by atoms with Crippen LogP contribution in [0.4, 0.5) is 0 Å². The van der Waals surface area contributed by atoms with Crippen molar-refractivity contribution in [3.05, 3.63) is 59.2 Å². The van der Waals surface area contributed by atoms with Crippen LogP contribution in [0.5, 0.6) is 11.5 Å². The highest BCUT2D eigenvalue weighted by atomic mass is 16.5. The van der Waals surface area contributed by atoms with Crippen LogP contribution < -0.4 is 9.47 Å². The van der Waals surface area contributed by atoms with Crippen molar-refractivity contribution in [1.82, 2.24) is 0 Å². The van der Waals surface area contributed by atoms with Crippen LogP contribution in [0, 0.1) is 0 Å². The Morgan fingerprint density at radius 2 is 1.62 bits per heavy atom. The molecule has 0 amide bonds. The Bertz CT molecular complexity index is 666. The van der Waals surface area contributed by atoms with E-state index in [1.165, 1.54) is 11.1 Å². The van der Waals surface area contributed by atoms with E-state index in [2.05, 4.69) is 45.9 Å². The van der Waals surface area contributed by atoms with Crippen LogP contribution >= 0.6 is 0 Å². The van der Waals surface area contributed by atoms with Gasteiger partial charge in [-0.1, -0.05) is 39.8 Å². The molecule has 0 fully saturated rings. The number of benzene rings is 2. The minimum atomic E-state index is 0.0338. The molecule has 3 nitrogen and oxygen atoms in total. The van der Waals surface area contributed by atoms with Gasteiger partial charge in [-0.05, 0) is 53.3 Å². The summed E-state index contributed by atoms with van der Waals surface area (Å²) in [5.41, 5.74) is 3.21. The van der Waals surface area contributed by atoms with E-state index in [0.29, 0.717) is 18.8 Å². The third-order valence-corrected chi connectivity index (χ3v) is 3.89. The van der Waals surface area contributed by atoms with Crippen molar-refractivity contribution in [3.8, 4) is 11.5 Å². The molecule has 2 aromatic rings. The lowest BCUT2D eigenvalue weighted by Gasteiger charge is -2.23. The van der Waals surface area contributed by atoms with Gasteiger partial charge in [0.25, 0.3) is 0 Å². The molecule has 0 aliphatic heterocycles. The molecular weight excluding hydrogens is 300 g/mol. The first-order valence-corrected chi connectivity index (χ1v) is 8.38. The molecule has 0 bridgehead atoms. The van der Waals surface area contributed by atoms with E-state index in [9.17, 15) is 4.79 Å². The molecule has 0 saturated carbocycles. The van der Waals surface area contributed by atoms with Gasteiger partial charge in [0, 0.05) is 5.56 Å². The average molecular weight is 326 g/mol. The molecule has 0 unspecified atom stereocenters. The molecule has 0 atom stereocenters. The first-order valence-electron chi connectivity index (χ1n) is 8.38. The normalized spacial score (nSPS) is 11.2. The van der Waals surface area contributed by atoms with Gasteiger partial charge in [0.1, 0.15) is 31.0 Å². The Morgan fingerprint density at radius 3 is 2.21 bits per heavy atom. The van der Waals surface area contributed by atoms with E-state index in [1.807, 2.05) is 0 Å². The van der Waals surface area contributed by atoms with Gasteiger partial charge in [-0.15, -0.1) is 0 Å². The number of ether oxygens (including phenoxy) is 2. The van der Waals surface area contributed by atoms with Gasteiger partial charge < -0.3 is 9.47 Å². The molecule has 0 spiro atoms. The summed E-state index contributed by atoms with van der Waals surface area (Å²) in [5.74, 6) is 1.65. The van der Waals surface area contributed by atoms with Gasteiger partial charge in [-0.3, -0.25) is 4.79 Å². The lowest BCUT2D eigenvalue weighted by Crippen LogP contribution is -2.16. The van der Waals surface area contributed by atoms with Crippen LogP contribution in [0.1, 0.15) is 49.2 Å². The molecule has 0 radical (unpaired) electrons. The summed E-state index contributed by atoms with van der Waals surface area (Å²) in [6.07, 6.45) is 1.84. The summed E-state index contributed by atoms with van der Waals surface area (Å²) in [7, 11) is 0. The highest BCUT2D eigenvalue weighted by Crippen LogP contribution is 2.32. The SMILES string of the molecule is CCc1ccc(OCCOc2ccc(C=O)cc2)c(C(C)(C)C)c1. The van der Waals surface area contributed by atoms with Crippen molar-refractivity contribution in [2.24, 2.45) is 0 Å². The smallest absolute Gasteiger partial charge is 0.150 e. The third kappa shape index (κ3) is 4.85. The van der Waals surface area contributed by atoms with E-state index < -0.39 is 0 Å². The fourth-order valence-electron chi connectivity index (χ4n) is 2.46. The van der Waals surface area contributed by atoms with E-state index in [-0.39, 0.29) is 5.41 Å². The zero-order chi connectivity index (χ0) is 17.6. The lowest BCUT2D eigenvalue weighted by atomic mass is 9.85. The monoisotopic (exact) mass is 326 g/mol. The number of carbonyl (C=O) groups is 1. The minimum absolute atomic E-state index is 0.0338. The highest BCUT2D eigenvalue weighted by molar-refractivity contribution is 5.74. The molecule has 2 aromatic carbocycles. The molecule has 0 saturated heterocycles. The number of aryl methyl sites for hydroxylation is 1. The first kappa shape index (κ1) is 18.1. The van der Waals surface area contributed by atoms with Crippen LogP contribution in [-0.4, -0.2) is 19.5 Å². The summed E-state index contributed by atoms with van der Waals surface area (Å²) < 4.78 is 11.6. The second-order valence-electron chi connectivity index (χ2n) is 6.82. The summed E-state index contributed by atoms with van der Waals surface area (Å²) >= 11 is 0. The molecule has 0 N–H and O–H groups in total. The van der Waals surface area contributed by atoms with E-state index in [0.717, 1.165) is 24.2 Å². The van der Waals surface area contributed by atoms with E-state index in [4.69, 9.17) is 9.47 Å². The maximum atomic E-state index is 10.6. The minimum Gasteiger partial charge on any atom is -0.490 e. The molecule has 0 aliphatic rings. The van der Waals surface area contributed by atoms with Crippen LogP contribution in [-0.2, 0) is 11.8 Å². The maximum absolute atomic E-state index is 10.6. The predicted octanol–water partition coefficient (Wildman–Crippen LogP) is 4.82. The summed E-state index contributed by atoms with van der Waals surface area (Å²) in [6.45, 7) is 9.68. The van der Waals surface area contributed by atoms with Gasteiger partial charge >= 0.3 is 0 Å². The number of rotatable bonds is 7. The Balaban J connectivity index is 1.95. The summed E-state index contributed by atoms with van der Waals surface area (Å²) in [6, 6.07) is 13.5. The molecule has 2 rings (SSSR count). The largest absolute Gasteiger partial charge is 0.490 e. The molecular formula is C21H26O3. The number of hydrogen-bond donors (Lipinski definition) is 0. The van der Waals surface area contributed by atoms with Crippen LogP contribution in [0.3, 0.4) is 0 Å². The van der Waals surface area contributed by atoms with Crippen molar-refractivity contribution in [1.29, 1.82) is 0 Å². The summed E-state index contributed by atoms with van der Waals surface area (Å²) in [5, 5.41) is 0. The van der Waals surface area contributed by atoms with E-state index >= 15 is 0 Å². The Morgan fingerprint density at radius 1 is 0.958 bits per heavy atom. The third-order valence-electron chi connectivity index (χ3n) is 3.89. The van der Waals surface area contributed by atoms with Gasteiger partial charge in [-0.25, -0.2) is 0 Å². The van der Waals surface area contributed by atoms with Crippen molar-refractivity contribution < 1.29 is 14.3 Å². The van der Waals surface area contributed by atoms with Crippen LogP contribution in [0.2, 0.25) is 0 Å². The second-order valence-corrected chi connectivity index (χ2v) is 6.82. The van der Waals surface area contributed by atoms with Crippen molar-refractivity contribution in [2.75, 3.05) is 13.2 Å². The molecule has 0 aromatic heterocycles. The van der Waals surface area contributed by atoms with Crippen LogP contribution in [0.25, 0.3) is 0 Å². The fourth-order valence-corrected chi connectivity index (χ4v) is 2.46. The molecule has 3 heteroatoms. The number of aldehydes is 1. The first-order chi connectivity index (χ1) is 11.4. The van der Waals surface area contributed by atoms with E-state index in [1.54, 1.807) is 24.3 Å². The highest BCUT2D eigenvalue weighted by Gasteiger charge is 2.19. The van der Waals surface area contributed by atoms with Crippen LogP contribution in [0.15, 0.2) is 42.5 Å². The maximum Gasteiger partial charge on any atom is 0.150 e. The fraction of sp³-hybridized carbons (Fsp3) is 0.381. The zero-order valence-electron chi connectivity index (χ0n) is 15.0. The van der Waals surface area contributed by atoms with Gasteiger partial charge in [0.2, 0.25) is 0 Å². The Labute approximate surface area is 144 Å². The molecule has 128 valence electrons. The van der Waals surface area contributed by atoms with Gasteiger partial charge in [-0.2, -0.15) is 0 Å². The quantitative estimate of drug-likeness (QED) is 0.541. The van der Waals surface area contributed by atoms with Crippen molar-refractivity contribution in [3.63, 3.8) is 0 Å². The topological polar surface area (TPSA) is 35.5 Å². The van der Waals surface area contributed by atoms with Gasteiger partial charge in [0.05, 0.1) is 0 Å². The molecule has 0 heterocycles. The average Bonchev–Trinajstić information content (AvgIpc) is 2.58. The van der Waals surface area contributed by atoms with Gasteiger partial charge in [0.15, 0.2) is 0 Å². The Kier molecular flexibility index (Phi) is 6.02. The molecule has 24 heavy (non-hydrogen) atoms. The summed E-state index contributed by atoms with van der Waals surface area (Å²) in [4.78, 5) is 10.6. The van der Waals surface area contributed by atoms with Crippen molar-refractivity contribution in [2.45, 2.75) is 39.5 Å². The predicted molar refractivity (Wildman–Crippen MR) is 97.3 cm³/mol. The molecule has 0 aliphatic carbocycles. The second kappa shape index (κ2) is 8.00. The Hall–Kier alpha value is -2.29. The lowest BCUT2D eigenvalue weighted by molar-refractivity contribution is 0.112. The number of carbonyl (C=O) groups excluding carboxylic acids is 1. The van der Waals surface area contributed by atoms with Crippen molar-refractivity contribution >= 4 is 6.29 Å².